The molecule has 0 amide bonds. The predicted molar refractivity (Wildman–Crippen MR) is 75.8 cm³/mol. The highest BCUT2D eigenvalue weighted by Gasteiger charge is 2.14. The zero-order valence-corrected chi connectivity index (χ0v) is 12.7. The number of carbonyl (C=O) groups excluding carboxylic acids is 1. The van der Waals surface area contributed by atoms with Crippen molar-refractivity contribution in [2.75, 3.05) is 24.6 Å². The first kappa shape index (κ1) is 15.0. The molecule has 0 atom stereocenters. The topological polar surface area (TPSA) is 42.4 Å². The molecule has 0 saturated heterocycles. The SMILES string of the molecule is CCCN(CC(=O)OCC)c1ncc(Br)cc1C. The Kier molecular flexibility index (Phi) is 6.12. The Morgan fingerprint density at radius 2 is 2.22 bits per heavy atom. The molecule has 100 valence electrons. The summed E-state index contributed by atoms with van der Waals surface area (Å²) in [4.78, 5) is 17.9. The van der Waals surface area contributed by atoms with Crippen LogP contribution in [0.4, 0.5) is 5.82 Å². The standard InChI is InChI=1S/C13H19BrN2O2/c1-4-6-16(9-12(17)18-5-2)13-10(3)7-11(14)8-15-13/h7-8H,4-6,9H2,1-3H3. The van der Waals surface area contributed by atoms with Crippen molar-refractivity contribution >= 4 is 27.7 Å². The van der Waals surface area contributed by atoms with Crippen LogP contribution in [-0.2, 0) is 9.53 Å². The van der Waals surface area contributed by atoms with Crippen molar-refractivity contribution in [1.29, 1.82) is 0 Å². The fourth-order valence-corrected chi connectivity index (χ4v) is 2.20. The Labute approximate surface area is 116 Å². The third-order valence-corrected chi connectivity index (χ3v) is 2.87. The second kappa shape index (κ2) is 7.36. The maximum Gasteiger partial charge on any atom is 0.325 e. The number of esters is 1. The van der Waals surface area contributed by atoms with Gasteiger partial charge in [-0.2, -0.15) is 0 Å². The van der Waals surface area contributed by atoms with Gasteiger partial charge >= 0.3 is 5.97 Å². The molecule has 0 bridgehead atoms. The van der Waals surface area contributed by atoms with Gasteiger partial charge in [0.2, 0.25) is 0 Å². The molecule has 0 aliphatic rings. The first-order valence-corrected chi connectivity index (χ1v) is 6.90. The molecule has 0 N–H and O–H groups in total. The summed E-state index contributed by atoms with van der Waals surface area (Å²) in [6.07, 6.45) is 2.70. The van der Waals surface area contributed by atoms with Gasteiger partial charge in [0, 0.05) is 17.2 Å². The largest absolute Gasteiger partial charge is 0.465 e. The van der Waals surface area contributed by atoms with Crippen molar-refractivity contribution in [3.05, 3.63) is 22.3 Å². The molecule has 0 spiro atoms. The van der Waals surface area contributed by atoms with E-state index < -0.39 is 0 Å². The molecule has 1 rings (SSSR count). The van der Waals surface area contributed by atoms with Crippen molar-refractivity contribution in [2.45, 2.75) is 27.2 Å². The van der Waals surface area contributed by atoms with Crippen LogP contribution in [0.15, 0.2) is 16.7 Å². The van der Waals surface area contributed by atoms with Crippen molar-refractivity contribution in [1.82, 2.24) is 4.98 Å². The average molecular weight is 315 g/mol. The van der Waals surface area contributed by atoms with Crippen molar-refractivity contribution in [2.24, 2.45) is 0 Å². The molecule has 0 saturated carbocycles. The van der Waals surface area contributed by atoms with E-state index in [4.69, 9.17) is 4.74 Å². The van der Waals surface area contributed by atoms with Crippen LogP contribution in [0.1, 0.15) is 25.8 Å². The Morgan fingerprint density at radius 1 is 1.50 bits per heavy atom. The molecular weight excluding hydrogens is 296 g/mol. The molecule has 0 aliphatic heterocycles. The highest BCUT2D eigenvalue weighted by atomic mass is 79.9. The van der Waals surface area contributed by atoms with Gasteiger partial charge in [0.15, 0.2) is 0 Å². The fraction of sp³-hybridized carbons (Fsp3) is 0.538. The highest BCUT2D eigenvalue weighted by Crippen LogP contribution is 2.20. The lowest BCUT2D eigenvalue weighted by molar-refractivity contribution is -0.141. The van der Waals surface area contributed by atoms with Gasteiger partial charge < -0.3 is 9.64 Å². The van der Waals surface area contributed by atoms with Gasteiger partial charge in [0.25, 0.3) is 0 Å². The monoisotopic (exact) mass is 314 g/mol. The van der Waals surface area contributed by atoms with E-state index in [-0.39, 0.29) is 12.5 Å². The minimum absolute atomic E-state index is 0.213. The smallest absolute Gasteiger partial charge is 0.325 e. The zero-order valence-electron chi connectivity index (χ0n) is 11.1. The van der Waals surface area contributed by atoms with E-state index in [1.165, 1.54) is 0 Å². The number of anilines is 1. The first-order valence-electron chi connectivity index (χ1n) is 6.11. The Morgan fingerprint density at radius 3 is 2.78 bits per heavy atom. The molecule has 0 fully saturated rings. The summed E-state index contributed by atoms with van der Waals surface area (Å²) < 4.78 is 5.93. The van der Waals surface area contributed by atoms with Crippen molar-refractivity contribution in [3.8, 4) is 0 Å². The van der Waals surface area contributed by atoms with Crippen LogP contribution in [0.2, 0.25) is 0 Å². The van der Waals surface area contributed by atoms with Gasteiger partial charge in [0.05, 0.1) is 6.61 Å². The number of aryl methyl sites for hydroxylation is 1. The number of rotatable bonds is 6. The molecule has 0 unspecified atom stereocenters. The van der Waals surface area contributed by atoms with E-state index in [1.54, 1.807) is 6.20 Å². The number of ether oxygens (including phenoxy) is 1. The van der Waals surface area contributed by atoms with Crippen molar-refractivity contribution < 1.29 is 9.53 Å². The van der Waals surface area contributed by atoms with Gasteiger partial charge in [-0.15, -0.1) is 0 Å². The minimum Gasteiger partial charge on any atom is -0.465 e. The molecule has 1 aromatic heterocycles. The summed E-state index contributed by atoms with van der Waals surface area (Å²) in [6.45, 7) is 7.31. The third-order valence-electron chi connectivity index (χ3n) is 2.44. The number of hydrogen-bond acceptors (Lipinski definition) is 4. The summed E-state index contributed by atoms with van der Waals surface area (Å²) in [5.74, 6) is 0.628. The second-order valence-corrected chi connectivity index (χ2v) is 4.94. The van der Waals surface area contributed by atoms with Crippen LogP contribution in [0, 0.1) is 6.92 Å². The van der Waals surface area contributed by atoms with Crippen LogP contribution in [0.5, 0.6) is 0 Å². The number of aromatic nitrogens is 1. The third kappa shape index (κ3) is 4.29. The summed E-state index contributed by atoms with van der Waals surface area (Å²) in [7, 11) is 0. The van der Waals surface area contributed by atoms with Gasteiger partial charge in [-0.05, 0) is 47.8 Å². The maximum absolute atomic E-state index is 11.6. The quantitative estimate of drug-likeness (QED) is 0.757. The normalized spacial score (nSPS) is 10.2. The van der Waals surface area contributed by atoms with Crippen molar-refractivity contribution in [3.63, 3.8) is 0 Å². The number of nitrogens with zero attached hydrogens (tertiary/aromatic N) is 2. The molecule has 0 aromatic carbocycles. The molecule has 5 heteroatoms. The summed E-state index contributed by atoms with van der Waals surface area (Å²) >= 11 is 3.39. The lowest BCUT2D eigenvalue weighted by atomic mass is 10.2. The Balaban J connectivity index is 2.86. The highest BCUT2D eigenvalue weighted by molar-refractivity contribution is 9.10. The molecular formula is C13H19BrN2O2. The Bertz CT molecular complexity index is 410. The van der Waals surface area contributed by atoms with Crippen LogP contribution >= 0.6 is 15.9 Å². The van der Waals surface area contributed by atoms with Crippen LogP contribution in [-0.4, -0.2) is 30.6 Å². The number of hydrogen-bond donors (Lipinski definition) is 0. The van der Waals surface area contributed by atoms with Gasteiger partial charge in [0.1, 0.15) is 12.4 Å². The molecule has 4 nitrogen and oxygen atoms in total. The van der Waals surface area contributed by atoms with E-state index in [0.29, 0.717) is 6.61 Å². The van der Waals surface area contributed by atoms with Gasteiger partial charge in [-0.25, -0.2) is 4.98 Å². The minimum atomic E-state index is -0.213. The molecule has 1 aromatic rings. The maximum atomic E-state index is 11.6. The lowest BCUT2D eigenvalue weighted by Crippen LogP contribution is -2.32. The van der Waals surface area contributed by atoms with Gasteiger partial charge in [-0.3, -0.25) is 4.79 Å². The van der Waals surface area contributed by atoms with Crippen LogP contribution < -0.4 is 4.90 Å². The summed E-state index contributed by atoms with van der Waals surface area (Å²) in [5, 5.41) is 0. The van der Waals surface area contributed by atoms with E-state index >= 15 is 0 Å². The second-order valence-electron chi connectivity index (χ2n) is 4.02. The molecule has 18 heavy (non-hydrogen) atoms. The van der Waals surface area contributed by atoms with Crippen LogP contribution in [0.25, 0.3) is 0 Å². The number of pyridine rings is 1. The molecule has 0 radical (unpaired) electrons. The molecule has 1 heterocycles. The fourth-order valence-electron chi connectivity index (χ4n) is 1.76. The van der Waals surface area contributed by atoms with Crippen LogP contribution in [0.3, 0.4) is 0 Å². The van der Waals surface area contributed by atoms with E-state index in [2.05, 4.69) is 27.8 Å². The first-order chi connectivity index (χ1) is 8.58. The van der Waals surface area contributed by atoms with E-state index in [1.807, 2.05) is 24.8 Å². The predicted octanol–water partition coefficient (Wildman–Crippen LogP) is 2.93. The number of carbonyl (C=O) groups is 1. The van der Waals surface area contributed by atoms with Gasteiger partial charge in [-0.1, -0.05) is 6.92 Å². The van der Waals surface area contributed by atoms with E-state index in [9.17, 15) is 4.79 Å². The Hall–Kier alpha value is -1.10. The average Bonchev–Trinajstić information content (AvgIpc) is 2.29. The lowest BCUT2D eigenvalue weighted by Gasteiger charge is -2.23. The summed E-state index contributed by atoms with van der Waals surface area (Å²) in [5.41, 5.74) is 1.04. The molecule has 0 aliphatic carbocycles. The zero-order chi connectivity index (χ0) is 13.5. The summed E-state index contributed by atoms with van der Waals surface area (Å²) in [6, 6.07) is 2.00. The number of halogens is 1. The van der Waals surface area contributed by atoms with E-state index in [0.717, 1.165) is 28.8 Å².